The minimum Gasteiger partial charge on any atom is -0.478 e. The Kier molecular flexibility index (Phi) is 3.28. The van der Waals surface area contributed by atoms with E-state index in [4.69, 9.17) is 5.11 Å². The van der Waals surface area contributed by atoms with Gasteiger partial charge >= 0.3 is 5.97 Å². The molecule has 2 aromatic rings. The molecule has 0 fully saturated rings. The van der Waals surface area contributed by atoms with Gasteiger partial charge in [-0.15, -0.1) is 5.10 Å². The monoisotopic (exact) mass is 252 g/mol. The van der Waals surface area contributed by atoms with Crippen molar-refractivity contribution < 1.29 is 9.90 Å². The minimum atomic E-state index is -1.04. The van der Waals surface area contributed by atoms with Crippen LogP contribution in [0.15, 0.2) is 17.7 Å². The Morgan fingerprint density at radius 3 is 3.06 bits per heavy atom. The van der Waals surface area contributed by atoms with E-state index in [0.717, 1.165) is 0 Å². The van der Waals surface area contributed by atoms with Crippen LogP contribution in [-0.2, 0) is 12.8 Å². The predicted octanol–water partition coefficient (Wildman–Crippen LogP) is -0.00940. The summed E-state index contributed by atoms with van der Waals surface area (Å²) in [5.41, 5.74) is 0.538. The first-order chi connectivity index (χ1) is 8.18. The molecule has 8 nitrogen and oxygen atoms in total. The number of thioether (sulfide) groups is 1. The summed E-state index contributed by atoms with van der Waals surface area (Å²) in [6.07, 6.45) is 2.59. The Morgan fingerprint density at radius 2 is 2.41 bits per heavy atom. The first-order valence-electron chi connectivity index (χ1n) is 4.56. The molecule has 0 atom stereocenters. The van der Waals surface area contributed by atoms with Crippen LogP contribution in [0.1, 0.15) is 16.1 Å². The zero-order valence-electron chi connectivity index (χ0n) is 8.81. The maximum absolute atomic E-state index is 10.9. The van der Waals surface area contributed by atoms with E-state index in [1.807, 2.05) is 0 Å². The molecule has 9 heteroatoms. The number of carboxylic acid groups (broad SMARTS) is 1. The van der Waals surface area contributed by atoms with Gasteiger partial charge in [0.25, 0.3) is 0 Å². The van der Waals surface area contributed by atoms with Crippen molar-refractivity contribution in [2.75, 3.05) is 0 Å². The van der Waals surface area contributed by atoms with Crippen molar-refractivity contribution in [2.45, 2.75) is 10.9 Å². The number of aromatic nitrogens is 6. The lowest BCUT2D eigenvalue weighted by Crippen LogP contribution is -2.05. The lowest BCUT2D eigenvalue weighted by Gasteiger charge is -2.02. The number of hydrogen-bond donors (Lipinski definition) is 1. The van der Waals surface area contributed by atoms with Crippen molar-refractivity contribution in [3.05, 3.63) is 23.8 Å². The number of rotatable bonds is 4. The SMILES string of the molecule is Cn1nnnc1SCc1ncncc1C(=O)O. The van der Waals surface area contributed by atoms with Crippen LogP contribution in [0, 0.1) is 0 Å². The zero-order valence-corrected chi connectivity index (χ0v) is 9.63. The highest BCUT2D eigenvalue weighted by Gasteiger charge is 2.13. The fraction of sp³-hybridized carbons (Fsp3) is 0.250. The molecule has 0 spiro atoms. The Bertz CT molecular complexity index is 542. The van der Waals surface area contributed by atoms with Gasteiger partial charge < -0.3 is 5.11 Å². The number of tetrazole rings is 1. The highest BCUT2D eigenvalue weighted by Crippen LogP contribution is 2.19. The molecule has 0 aliphatic rings. The van der Waals surface area contributed by atoms with Crippen molar-refractivity contribution in [3.63, 3.8) is 0 Å². The molecule has 0 amide bonds. The van der Waals surface area contributed by atoms with Crippen molar-refractivity contribution in [2.24, 2.45) is 7.05 Å². The van der Waals surface area contributed by atoms with Crippen molar-refractivity contribution in [1.29, 1.82) is 0 Å². The number of carbonyl (C=O) groups is 1. The highest BCUT2D eigenvalue weighted by molar-refractivity contribution is 7.98. The molecule has 0 saturated carbocycles. The number of aromatic carboxylic acids is 1. The summed E-state index contributed by atoms with van der Waals surface area (Å²) in [7, 11) is 1.71. The number of nitrogens with zero attached hydrogens (tertiary/aromatic N) is 6. The van der Waals surface area contributed by atoms with Crippen LogP contribution in [0.4, 0.5) is 0 Å². The molecule has 0 aliphatic carbocycles. The van der Waals surface area contributed by atoms with E-state index in [-0.39, 0.29) is 5.56 Å². The molecular weight excluding hydrogens is 244 g/mol. The molecule has 2 aromatic heterocycles. The molecule has 0 radical (unpaired) electrons. The second-order valence-corrected chi connectivity index (χ2v) is 4.00. The van der Waals surface area contributed by atoms with Crippen LogP contribution in [0.2, 0.25) is 0 Å². The van der Waals surface area contributed by atoms with E-state index < -0.39 is 5.97 Å². The van der Waals surface area contributed by atoms with Gasteiger partial charge in [-0.1, -0.05) is 11.8 Å². The molecule has 0 bridgehead atoms. The van der Waals surface area contributed by atoms with E-state index in [1.165, 1.54) is 29.0 Å². The third kappa shape index (κ3) is 2.56. The van der Waals surface area contributed by atoms with Crippen LogP contribution >= 0.6 is 11.8 Å². The number of aryl methyl sites for hydroxylation is 1. The molecule has 88 valence electrons. The summed E-state index contributed by atoms with van der Waals surface area (Å²) in [4.78, 5) is 18.5. The molecule has 0 aliphatic heterocycles. The smallest absolute Gasteiger partial charge is 0.339 e. The van der Waals surface area contributed by atoms with Crippen LogP contribution in [0.25, 0.3) is 0 Å². The van der Waals surface area contributed by atoms with E-state index in [1.54, 1.807) is 7.05 Å². The molecule has 0 aromatic carbocycles. The minimum absolute atomic E-state index is 0.0927. The van der Waals surface area contributed by atoms with Gasteiger partial charge in [0, 0.05) is 19.0 Å². The second-order valence-electron chi connectivity index (χ2n) is 3.06. The summed E-state index contributed by atoms with van der Waals surface area (Å²) in [5, 5.41) is 20.5. The van der Waals surface area contributed by atoms with Crippen LogP contribution in [0.3, 0.4) is 0 Å². The van der Waals surface area contributed by atoms with Gasteiger partial charge in [-0.2, -0.15) is 0 Å². The second kappa shape index (κ2) is 4.87. The summed E-state index contributed by atoms with van der Waals surface area (Å²) >= 11 is 1.31. The summed E-state index contributed by atoms with van der Waals surface area (Å²) in [6, 6.07) is 0. The van der Waals surface area contributed by atoms with Crippen molar-refractivity contribution >= 4 is 17.7 Å². The van der Waals surface area contributed by atoms with E-state index in [0.29, 0.717) is 16.6 Å². The maximum Gasteiger partial charge on any atom is 0.339 e. The molecule has 0 unspecified atom stereocenters. The fourth-order valence-electron chi connectivity index (χ4n) is 1.13. The Labute approximate surface area is 100 Å². The van der Waals surface area contributed by atoms with E-state index in [9.17, 15) is 4.79 Å². The molecule has 17 heavy (non-hydrogen) atoms. The first-order valence-corrected chi connectivity index (χ1v) is 5.54. The van der Waals surface area contributed by atoms with Gasteiger partial charge in [-0.05, 0) is 10.4 Å². The molecule has 1 N–H and O–H groups in total. The number of carboxylic acids is 1. The Hall–Kier alpha value is -2.03. The third-order valence-corrected chi connectivity index (χ3v) is 2.97. The van der Waals surface area contributed by atoms with Gasteiger partial charge in [-0.3, -0.25) is 0 Å². The predicted molar refractivity (Wildman–Crippen MR) is 57.4 cm³/mol. The van der Waals surface area contributed by atoms with Gasteiger partial charge in [0.05, 0.1) is 5.69 Å². The van der Waals surface area contributed by atoms with Crippen molar-refractivity contribution in [1.82, 2.24) is 30.2 Å². The molecule has 2 rings (SSSR count). The topological polar surface area (TPSA) is 107 Å². The Morgan fingerprint density at radius 1 is 1.59 bits per heavy atom. The first kappa shape index (κ1) is 11.5. The maximum atomic E-state index is 10.9. The van der Waals surface area contributed by atoms with Crippen LogP contribution in [-0.4, -0.2) is 41.3 Å². The quantitative estimate of drug-likeness (QED) is 0.757. The highest BCUT2D eigenvalue weighted by atomic mass is 32.2. The lowest BCUT2D eigenvalue weighted by molar-refractivity contribution is 0.0695. The Balaban J connectivity index is 2.14. The van der Waals surface area contributed by atoms with Crippen LogP contribution in [0.5, 0.6) is 0 Å². The molecule has 2 heterocycles. The number of hydrogen-bond acceptors (Lipinski definition) is 7. The third-order valence-electron chi connectivity index (χ3n) is 1.94. The summed E-state index contributed by atoms with van der Waals surface area (Å²) in [6.45, 7) is 0. The normalized spacial score (nSPS) is 10.4. The standard InChI is InChI=1S/C8H8N6O2S/c1-14-8(11-12-13-14)17-3-6-5(7(15)16)2-9-4-10-6/h2,4H,3H2,1H3,(H,15,16). The van der Waals surface area contributed by atoms with Gasteiger partial charge in [0.2, 0.25) is 5.16 Å². The average molecular weight is 252 g/mol. The van der Waals surface area contributed by atoms with Crippen molar-refractivity contribution in [3.8, 4) is 0 Å². The van der Waals surface area contributed by atoms with E-state index >= 15 is 0 Å². The molecular formula is C8H8N6O2S. The average Bonchev–Trinajstić information content (AvgIpc) is 2.72. The lowest BCUT2D eigenvalue weighted by atomic mass is 10.2. The fourth-order valence-corrected chi connectivity index (χ4v) is 1.94. The van der Waals surface area contributed by atoms with Gasteiger partial charge in [0.1, 0.15) is 11.9 Å². The zero-order chi connectivity index (χ0) is 12.3. The van der Waals surface area contributed by atoms with E-state index in [2.05, 4.69) is 25.5 Å². The van der Waals surface area contributed by atoms with Gasteiger partial charge in [0.15, 0.2) is 0 Å². The largest absolute Gasteiger partial charge is 0.478 e. The molecule has 0 saturated heterocycles. The van der Waals surface area contributed by atoms with Gasteiger partial charge in [-0.25, -0.2) is 19.4 Å². The summed E-state index contributed by atoms with van der Waals surface area (Å²) in [5.74, 6) is -0.671. The van der Waals surface area contributed by atoms with Crippen LogP contribution < -0.4 is 0 Å². The summed E-state index contributed by atoms with van der Waals surface area (Å²) < 4.78 is 1.51.